The maximum atomic E-state index is 13.7. The molecule has 3 aromatic rings. The monoisotopic (exact) mass is 603 g/mol. The third kappa shape index (κ3) is 10.9. The van der Waals surface area contributed by atoms with Crippen LogP contribution < -0.4 is 27.4 Å². The van der Waals surface area contributed by atoms with Crippen molar-refractivity contribution in [1.82, 2.24) is 16.0 Å². The summed E-state index contributed by atoms with van der Waals surface area (Å²) in [6, 6.07) is 18.8. The molecule has 0 heterocycles. The lowest BCUT2D eigenvalue weighted by molar-refractivity contribution is -0.142. The Morgan fingerprint density at radius 1 is 0.614 bits per heavy atom. The number of phenolic OH excluding ortho intramolecular Hbond substituents is 1. The first kappa shape index (κ1) is 33.3. The van der Waals surface area contributed by atoms with E-state index in [1.165, 1.54) is 12.1 Å². The fourth-order valence-corrected chi connectivity index (χ4v) is 4.44. The molecule has 0 saturated carbocycles. The molecule has 12 nitrogen and oxygen atoms in total. The van der Waals surface area contributed by atoms with Crippen LogP contribution in [0.1, 0.15) is 29.5 Å². The average molecular weight is 604 g/mol. The zero-order valence-corrected chi connectivity index (χ0v) is 24.0. The van der Waals surface area contributed by atoms with Gasteiger partial charge in [-0.25, -0.2) is 4.79 Å². The Morgan fingerprint density at radius 3 is 1.48 bits per heavy atom. The van der Waals surface area contributed by atoms with Gasteiger partial charge in [-0.3, -0.25) is 19.2 Å². The Balaban J connectivity index is 1.84. The van der Waals surface area contributed by atoms with E-state index in [0.717, 1.165) is 0 Å². The second kappa shape index (κ2) is 16.4. The van der Waals surface area contributed by atoms with Crippen molar-refractivity contribution in [2.75, 3.05) is 0 Å². The van der Waals surface area contributed by atoms with E-state index in [2.05, 4.69) is 16.0 Å². The third-order valence-electron chi connectivity index (χ3n) is 6.86. The van der Waals surface area contributed by atoms with Gasteiger partial charge >= 0.3 is 5.97 Å². The second-order valence-corrected chi connectivity index (χ2v) is 10.4. The molecule has 0 aliphatic rings. The maximum absolute atomic E-state index is 13.7. The standard InChI is InChI=1S/C32H37N5O7/c33-24(15-16-28(34)39)29(40)35-25(17-20-7-3-1-4-8-20)30(41)36-26(18-22-11-13-23(38)14-12-22)31(42)37-27(32(43)44)19-21-9-5-2-6-10-21/h1-14,24-27,38H,15-19,33H2,(H2,34,39)(H,35,40)(H,36,41)(H,37,42)(H,43,44). The predicted octanol–water partition coefficient (Wildman–Crippen LogP) is 0.552. The topological polar surface area (TPSA) is 214 Å². The number of aliphatic carboxylic acids is 1. The molecule has 0 bridgehead atoms. The highest BCUT2D eigenvalue weighted by molar-refractivity contribution is 5.94. The summed E-state index contributed by atoms with van der Waals surface area (Å²) in [7, 11) is 0. The van der Waals surface area contributed by atoms with Crippen molar-refractivity contribution in [3.8, 4) is 5.75 Å². The van der Waals surface area contributed by atoms with Gasteiger partial charge in [-0.2, -0.15) is 0 Å². The molecule has 0 radical (unpaired) electrons. The normalized spacial score (nSPS) is 13.5. The Kier molecular flexibility index (Phi) is 12.4. The molecule has 9 N–H and O–H groups in total. The van der Waals surface area contributed by atoms with Crippen LogP contribution in [0.5, 0.6) is 5.75 Å². The Labute approximate surface area is 254 Å². The lowest BCUT2D eigenvalue weighted by Crippen LogP contribution is -2.58. The van der Waals surface area contributed by atoms with Crippen LogP contribution in [-0.4, -0.2) is 64.0 Å². The van der Waals surface area contributed by atoms with E-state index >= 15 is 0 Å². The van der Waals surface area contributed by atoms with E-state index in [1.807, 2.05) is 0 Å². The van der Waals surface area contributed by atoms with Crippen molar-refractivity contribution in [3.63, 3.8) is 0 Å². The second-order valence-electron chi connectivity index (χ2n) is 10.4. The van der Waals surface area contributed by atoms with Crippen LogP contribution in [-0.2, 0) is 43.2 Å². The molecule has 0 aliphatic heterocycles. The SMILES string of the molecule is NC(=O)CCC(N)C(=O)NC(Cc1ccccc1)C(=O)NC(Cc1ccc(O)cc1)C(=O)NC(Cc1ccccc1)C(=O)O. The molecule has 0 fully saturated rings. The van der Waals surface area contributed by atoms with Gasteiger partial charge in [0.25, 0.3) is 0 Å². The van der Waals surface area contributed by atoms with Gasteiger partial charge < -0.3 is 37.6 Å². The first-order valence-electron chi connectivity index (χ1n) is 14.1. The number of aromatic hydroxyl groups is 1. The van der Waals surface area contributed by atoms with Gasteiger partial charge in [-0.1, -0.05) is 72.8 Å². The summed E-state index contributed by atoms with van der Waals surface area (Å²) in [6.45, 7) is 0. The Morgan fingerprint density at radius 2 is 1.02 bits per heavy atom. The van der Waals surface area contributed by atoms with Gasteiger partial charge in [0.1, 0.15) is 23.9 Å². The van der Waals surface area contributed by atoms with Crippen LogP contribution >= 0.6 is 0 Å². The number of carbonyl (C=O) groups is 5. The molecule has 0 aromatic heterocycles. The lowest BCUT2D eigenvalue weighted by Gasteiger charge is -2.25. The average Bonchev–Trinajstić information content (AvgIpc) is 3.00. The summed E-state index contributed by atoms with van der Waals surface area (Å²) in [5, 5.41) is 27.3. The molecule has 12 heteroatoms. The third-order valence-corrected chi connectivity index (χ3v) is 6.86. The Hall–Kier alpha value is -5.23. The van der Waals surface area contributed by atoms with Crippen molar-refractivity contribution in [1.29, 1.82) is 0 Å². The van der Waals surface area contributed by atoms with Crippen molar-refractivity contribution >= 4 is 29.6 Å². The number of hydrogen-bond donors (Lipinski definition) is 7. The molecule has 0 saturated heterocycles. The van der Waals surface area contributed by atoms with Gasteiger partial charge in [0.15, 0.2) is 0 Å². The molecule has 3 aromatic carbocycles. The highest BCUT2D eigenvalue weighted by Gasteiger charge is 2.31. The number of rotatable bonds is 16. The van der Waals surface area contributed by atoms with Gasteiger partial charge in [-0.05, 0) is 35.2 Å². The molecule has 4 atom stereocenters. The lowest BCUT2D eigenvalue weighted by atomic mass is 10.0. The highest BCUT2D eigenvalue weighted by atomic mass is 16.4. The summed E-state index contributed by atoms with van der Waals surface area (Å²) in [5.74, 6) is -4.02. The van der Waals surface area contributed by atoms with E-state index < -0.39 is 53.8 Å². The molecule has 3 rings (SSSR count). The van der Waals surface area contributed by atoms with Crippen LogP contribution in [0.3, 0.4) is 0 Å². The summed E-state index contributed by atoms with van der Waals surface area (Å²) in [5.41, 5.74) is 13.1. The fourth-order valence-electron chi connectivity index (χ4n) is 4.44. The number of benzene rings is 3. The van der Waals surface area contributed by atoms with E-state index in [4.69, 9.17) is 11.5 Å². The largest absolute Gasteiger partial charge is 0.508 e. The Bertz CT molecular complexity index is 1420. The van der Waals surface area contributed by atoms with E-state index in [1.54, 1.807) is 72.8 Å². The van der Waals surface area contributed by atoms with Gasteiger partial charge in [0, 0.05) is 25.7 Å². The van der Waals surface area contributed by atoms with Gasteiger partial charge in [0.05, 0.1) is 6.04 Å². The highest BCUT2D eigenvalue weighted by Crippen LogP contribution is 2.13. The molecular weight excluding hydrogens is 566 g/mol. The molecule has 232 valence electrons. The quantitative estimate of drug-likeness (QED) is 0.122. The van der Waals surface area contributed by atoms with Gasteiger partial charge in [-0.15, -0.1) is 0 Å². The number of hydrogen-bond acceptors (Lipinski definition) is 7. The first-order chi connectivity index (χ1) is 21.0. The fraction of sp³-hybridized carbons (Fsp3) is 0.281. The zero-order valence-electron chi connectivity index (χ0n) is 24.0. The smallest absolute Gasteiger partial charge is 0.326 e. The number of carboxylic acids is 1. The number of primary amides is 1. The molecule has 0 aliphatic carbocycles. The van der Waals surface area contributed by atoms with E-state index in [-0.39, 0.29) is 37.9 Å². The molecule has 44 heavy (non-hydrogen) atoms. The minimum Gasteiger partial charge on any atom is -0.508 e. The number of carboxylic acid groups (broad SMARTS) is 1. The predicted molar refractivity (Wildman–Crippen MR) is 162 cm³/mol. The molecule has 0 spiro atoms. The molecule has 4 amide bonds. The van der Waals surface area contributed by atoms with Crippen LogP contribution in [0.25, 0.3) is 0 Å². The number of nitrogens with two attached hydrogens (primary N) is 2. The molecular formula is C32H37N5O7. The first-order valence-corrected chi connectivity index (χ1v) is 14.1. The van der Waals surface area contributed by atoms with Crippen LogP contribution in [0.4, 0.5) is 0 Å². The van der Waals surface area contributed by atoms with E-state index in [0.29, 0.717) is 16.7 Å². The summed E-state index contributed by atoms with van der Waals surface area (Å²) >= 11 is 0. The van der Waals surface area contributed by atoms with Crippen LogP contribution in [0.2, 0.25) is 0 Å². The number of phenols is 1. The minimum atomic E-state index is -1.29. The molecule has 4 unspecified atom stereocenters. The number of nitrogens with one attached hydrogen (secondary N) is 3. The van der Waals surface area contributed by atoms with Gasteiger partial charge in [0.2, 0.25) is 23.6 Å². The van der Waals surface area contributed by atoms with Crippen LogP contribution in [0, 0.1) is 0 Å². The van der Waals surface area contributed by atoms with E-state index in [9.17, 15) is 34.2 Å². The van der Waals surface area contributed by atoms with Crippen molar-refractivity contribution < 1.29 is 34.2 Å². The van der Waals surface area contributed by atoms with Crippen molar-refractivity contribution in [2.45, 2.75) is 56.3 Å². The minimum absolute atomic E-state index is 0.00546. The summed E-state index contributed by atoms with van der Waals surface area (Å²) in [6.07, 6.45) is -0.116. The maximum Gasteiger partial charge on any atom is 0.326 e. The van der Waals surface area contributed by atoms with Crippen LogP contribution in [0.15, 0.2) is 84.9 Å². The zero-order chi connectivity index (χ0) is 32.1. The summed E-state index contributed by atoms with van der Waals surface area (Å²) in [4.78, 5) is 63.3. The summed E-state index contributed by atoms with van der Waals surface area (Å²) < 4.78 is 0. The number of amides is 4. The number of carbonyl (C=O) groups excluding carboxylic acids is 4. The van der Waals surface area contributed by atoms with Crippen molar-refractivity contribution in [3.05, 3.63) is 102 Å². The van der Waals surface area contributed by atoms with Crippen molar-refractivity contribution in [2.24, 2.45) is 11.5 Å².